The van der Waals surface area contributed by atoms with Gasteiger partial charge < -0.3 is 5.32 Å². The first-order valence-corrected chi connectivity index (χ1v) is 6.62. The quantitative estimate of drug-likeness (QED) is 0.832. The van der Waals surface area contributed by atoms with Crippen molar-refractivity contribution in [2.24, 2.45) is 16.7 Å². The summed E-state index contributed by atoms with van der Waals surface area (Å²) in [5.74, 6) is 0.806. The van der Waals surface area contributed by atoms with Crippen molar-refractivity contribution in [1.82, 2.24) is 5.32 Å². The fraction of sp³-hybridized carbons (Fsp3) is 0.625. The van der Waals surface area contributed by atoms with Crippen molar-refractivity contribution >= 4 is 0 Å². The maximum absolute atomic E-state index is 3.59. The lowest BCUT2D eigenvalue weighted by molar-refractivity contribution is 0.457. The largest absolute Gasteiger partial charge is 0.312 e. The maximum Gasteiger partial charge on any atom is 0.0205 e. The molecule has 1 aliphatic carbocycles. The summed E-state index contributed by atoms with van der Waals surface area (Å²) in [6.07, 6.45) is 0. The molecule has 0 radical (unpaired) electrons. The highest BCUT2D eigenvalue weighted by Gasteiger charge is 2.63. The molecule has 1 aromatic rings. The lowest BCUT2D eigenvalue weighted by atomic mass is 10.0. The molecule has 0 heterocycles. The highest BCUT2D eigenvalue weighted by Crippen LogP contribution is 2.67. The lowest BCUT2D eigenvalue weighted by Gasteiger charge is -2.06. The normalized spacial score (nSPS) is 21.5. The third-order valence-corrected chi connectivity index (χ3v) is 5.12. The van der Waals surface area contributed by atoms with Crippen LogP contribution in [0.15, 0.2) is 24.3 Å². The van der Waals surface area contributed by atoms with Gasteiger partial charge in [0.1, 0.15) is 0 Å². The Balaban J connectivity index is 1.80. The van der Waals surface area contributed by atoms with Crippen LogP contribution in [0.4, 0.5) is 0 Å². The Morgan fingerprint density at radius 1 is 1.00 bits per heavy atom. The number of nitrogens with one attached hydrogen (secondary N) is 1. The highest BCUT2D eigenvalue weighted by molar-refractivity contribution is 5.21. The summed E-state index contributed by atoms with van der Waals surface area (Å²) in [6, 6.07) is 8.79. The van der Waals surface area contributed by atoms with Crippen molar-refractivity contribution < 1.29 is 0 Å². The minimum Gasteiger partial charge on any atom is -0.312 e. The van der Waals surface area contributed by atoms with E-state index in [1.165, 1.54) is 11.1 Å². The number of hydrogen-bond acceptors (Lipinski definition) is 1. The molecule has 0 aromatic heterocycles. The number of benzene rings is 1. The van der Waals surface area contributed by atoms with Gasteiger partial charge in [0.25, 0.3) is 0 Å². The summed E-state index contributed by atoms with van der Waals surface area (Å²) in [5.41, 5.74) is 3.70. The minimum absolute atomic E-state index is 0.493. The van der Waals surface area contributed by atoms with E-state index in [9.17, 15) is 0 Å². The van der Waals surface area contributed by atoms with E-state index in [0.717, 1.165) is 19.0 Å². The summed E-state index contributed by atoms with van der Waals surface area (Å²) in [5, 5.41) is 3.59. The van der Waals surface area contributed by atoms with Crippen molar-refractivity contribution in [2.45, 2.75) is 41.2 Å². The average Bonchev–Trinajstić information content (AvgIpc) is 2.63. The standard InChI is InChI=1S/C16H25N/c1-12-6-8-13(9-7-12)10-17-11-14-15(2,3)16(14,4)5/h6-9,14,17H,10-11H2,1-5H3. The Morgan fingerprint density at radius 3 is 2.00 bits per heavy atom. The molecule has 1 aromatic carbocycles. The molecule has 1 N–H and O–H groups in total. The fourth-order valence-corrected chi connectivity index (χ4v) is 2.91. The molecule has 0 atom stereocenters. The van der Waals surface area contributed by atoms with Gasteiger partial charge in [0.05, 0.1) is 0 Å². The summed E-state index contributed by atoms with van der Waals surface area (Å²) in [6.45, 7) is 13.8. The van der Waals surface area contributed by atoms with Crippen LogP contribution in [0.1, 0.15) is 38.8 Å². The zero-order valence-electron chi connectivity index (χ0n) is 11.8. The van der Waals surface area contributed by atoms with Crippen LogP contribution >= 0.6 is 0 Å². The first kappa shape index (κ1) is 12.6. The van der Waals surface area contributed by atoms with Crippen LogP contribution in [-0.4, -0.2) is 6.54 Å². The van der Waals surface area contributed by atoms with Crippen molar-refractivity contribution in [3.8, 4) is 0 Å². The average molecular weight is 231 g/mol. The first-order valence-electron chi connectivity index (χ1n) is 6.62. The highest BCUT2D eigenvalue weighted by atomic mass is 14.9. The second-order valence-electron chi connectivity index (χ2n) is 6.61. The lowest BCUT2D eigenvalue weighted by Crippen LogP contribution is -2.18. The molecule has 0 saturated heterocycles. The first-order chi connectivity index (χ1) is 7.85. The van der Waals surface area contributed by atoms with E-state index in [-0.39, 0.29) is 0 Å². The molecule has 1 fully saturated rings. The molecule has 94 valence electrons. The zero-order valence-corrected chi connectivity index (χ0v) is 11.8. The van der Waals surface area contributed by atoms with Gasteiger partial charge in [0.15, 0.2) is 0 Å². The minimum atomic E-state index is 0.493. The third-order valence-electron chi connectivity index (χ3n) is 5.12. The maximum atomic E-state index is 3.59. The van der Waals surface area contributed by atoms with Crippen LogP contribution in [0, 0.1) is 23.7 Å². The molecule has 2 rings (SSSR count). The molecule has 0 amide bonds. The number of hydrogen-bond donors (Lipinski definition) is 1. The molecule has 0 unspecified atom stereocenters. The van der Waals surface area contributed by atoms with Crippen LogP contribution in [-0.2, 0) is 6.54 Å². The molecular formula is C16H25N. The second kappa shape index (κ2) is 4.13. The van der Waals surface area contributed by atoms with E-state index in [1.54, 1.807) is 0 Å². The Hall–Kier alpha value is -0.820. The zero-order chi connectivity index (χ0) is 12.7. The van der Waals surface area contributed by atoms with E-state index >= 15 is 0 Å². The van der Waals surface area contributed by atoms with E-state index < -0.39 is 0 Å². The topological polar surface area (TPSA) is 12.0 Å². The van der Waals surface area contributed by atoms with Crippen molar-refractivity contribution in [1.29, 1.82) is 0 Å². The van der Waals surface area contributed by atoms with Gasteiger partial charge in [-0.15, -0.1) is 0 Å². The Labute approximate surface area is 106 Å². The predicted octanol–water partition coefficient (Wildman–Crippen LogP) is 3.77. The van der Waals surface area contributed by atoms with Crippen molar-refractivity contribution in [2.75, 3.05) is 6.54 Å². The van der Waals surface area contributed by atoms with E-state index in [0.29, 0.717) is 10.8 Å². The Morgan fingerprint density at radius 2 is 1.53 bits per heavy atom. The molecule has 0 bridgehead atoms. The van der Waals surface area contributed by atoms with Crippen LogP contribution < -0.4 is 5.32 Å². The van der Waals surface area contributed by atoms with Crippen LogP contribution in [0.2, 0.25) is 0 Å². The predicted molar refractivity (Wildman–Crippen MR) is 73.9 cm³/mol. The van der Waals surface area contributed by atoms with Crippen molar-refractivity contribution in [3.05, 3.63) is 35.4 Å². The molecule has 1 nitrogen and oxygen atoms in total. The number of aryl methyl sites for hydroxylation is 1. The summed E-state index contributed by atoms with van der Waals surface area (Å²) < 4.78 is 0. The summed E-state index contributed by atoms with van der Waals surface area (Å²) >= 11 is 0. The van der Waals surface area contributed by atoms with Gasteiger partial charge in [0, 0.05) is 6.54 Å². The number of rotatable bonds is 4. The van der Waals surface area contributed by atoms with Gasteiger partial charge in [-0.1, -0.05) is 57.5 Å². The summed E-state index contributed by atoms with van der Waals surface area (Å²) in [4.78, 5) is 0. The summed E-state index contributed by atoms with van der Waals surface area (Å²) in [7, 11) is 0. The van der Waals surface area contributed by atoms with Gasteiger partial charge in [0.2, 0.25) is 0 Å². The molecule has 0 aliphatic heterocycles. The Kier molecular flexibility index (Phi) is 3.07. The van der Waals surface area contributed by atoms with Gasteiger partial charge in [-0.2, -0.15) is 0 Å². The molecule has 0 spiro atoms. The van der Waals surface area contributed by atoms with Gasteiger partial charge in [-0.25, -0.2) is 0 Å². The van der Waals surface area contributed by atoms with E-state index in [1.807, 2.05) is 0 Å². The van der Waals surface area contributed by atoms with Crippen LogP contribution in [0.25, 0.3) is 0 Å². The second-order valence-corrected chi connectivity index (χ2v) is 6.61. The fourth-order valence-electron chi connectivity index (χ4n) is 2.91. The van der Waals surface area contributed by atoms with Crippen molar-refractivity contribution in [3.63, 3.8) is 0 Å². The SMILES string of the molecule is Cc1ccc(CNCC2C(C)(C)C2(C)C)cc1. The molecule has 1 aliphatic rings. The van der Waals surface area contributed by atoms with E-state index in [4.69, 9.17) is 0 Å². The molecule has 1 heteroatoms. The Bertz CT molecular complexity index is 372. The van der Waals surface area contributed by atoms with Crippen LogP contribution in [0.3, 0.4) is 0 Å². The van der Waals surface area contributed by atoms with E-state index in [2.05, 4.69) is 64.2 Å². The molecular weight excluding hydrogens is 206 g/mol. The van der Waals surface area contributed by atoms with Gasteiger partial charge >= 0.3 is 0 Å². The van der Waals surface area contributed by atoms with Gasteiger partial charge in [-0.3, -0.25) is 0 Å². The molecule has 1 saturated carbocycles. The van der Waals surface area contributed by atoms with Crippen LogP contribution in [0.5, 0.6) is 0 Å². The third kappa shape index (κ3) is 2.26. The molecule has 17 heavy (non-hydrogen) atoms. The smallest absolute Gasteiger partial charge is 0.0205 e. The monoisotopic (exact) mass is 231 g/mol. The van der Waals surface area contributed by atoms with Gasteiger partial charge in [-0.05, 0) is 35.8 Å².